The third kappa shape index (κ3) is 3.27. The van der Waals surface area contributed by atoms with E-state index in [0.29, 0.717) is 16.4 Å². The zero-order valence-electron chi connectivity index (χ0n) is 8.29. The molecule has 0 aliphatic rings. The molecule has 0 aromatic heterocycles. The second kappa shape index (κ2) is 6.06. The van der Waals surface area contributed by atoms with E-state index in [-0.39, 0.29) is 6.54 Å². The molecule has 5 nitrogen and oxygen atoms in total. The molecule has 0 spiro atoms. The van der Waals surface area contributed by atoms with Crippen LogP contribution in [0.3, 0.4) is 0 Å². The van der Waals surface area contributed by atoms with Gasteiger partial charge in [-0.15, -0.1) is 0 Å². The average molecular weight is 225 g/mol. The number of ether oxygens (including phenoxy) is 1. The van der Waals surface area contributed by atoms with E-state index < -0.39 is 10.8 Å². The molecule has 1 rings (SSSR count). The van der Waals surface area contributed by atoms with Gasteiger partial charge in [-0.1, -0.05) is 17.2 Å². The number of methoxy groups -OCH3 is 1. The Balaban J connectivity index is 2.76. The molecule has 0 aliphatic heterocycles. The van der Waals surface area contributed by atoms with E-state index in [9.17, 15) is 4.21 Å². The van der Waals surface area contributed by atoms with E-state index in [0.717, 1.165) is 0 Å². The summed E-state index contributed by atoms with van der Waals surface area (Å²) in [6, 6.07) is 7.10. The van der Waals surface area contributed by atoms with Gasteiger partial charge in [0.25, 0.3) is 0 Å². The SMILES string of the molecule is COc1ccccc1S(=O)CCN=[N+]=[N-]. The molecule has 0 saturated carbocycles. The van der Waals surface area contributed by atoms with Gasteiger partial charge in [-0.3, -0.25) is 4.21 Å². The molecule has 0 heterocycles. The monoisotopic (exact) mass is 225 g/mol. The Morgan fingerprint density at radius 2 is 2.27 bits per heavy atom. The highest BCUT2D eigenvalue weighted by Crippen LogP contribution is 2.21. The van der Waals surface area contributed by atoms with Gasteiger partial charge in [0.15, 0.2) is 0 Å². The van der Waals surface area contributed by atoms with Gasteiger partial charge in [-0.05, 0) is 17.7 Å². The van der Waals surface area contributed by atoms with E-state index in [2.05, 4.69) is 10.0 Å². The molecule has 0 N–H and O–H groups in total. The summed E-state index contributed by atoms with van der Waals surface area (Å²) in [5.41, 5.74) is 8.09. The molecule has 0 aliphatic carbocycles. The molecule has 6 heteroatoms. The lowest BCUT2D eigenvalue weighted by atomic mass is 10.3. The molecule has 1 atom stereocenters. The van der Waals surface area contributed by atoms with Crippen molar-refractivity contribution in [2.45, 2.75) is 4.90 Å². The topological polar surface area (TPSA) is 75.1 Å². The van der Waals surface area contributed by atoms with E-state index >= 15 is 0 Å². The fourth-order valence-electron chi connectivity index (χ4n) is 1.09. The summed E-state index contributed by atoms with van der Waals surface area (Å²) in [4.78, 5) is 3.24. The molecule has 0 saturated heterocycles. The van der Waals surface area contributed by atoms with Crippen molar-refractivity contribution < 1.29 is 8.95 Å². The number of hydrogen-bond acceptors (Lipinski definition) is 3. The first-order chi connectivity index (χ1) is 7.29. The minimum absolute atomic E-state index is 0.223. The van der Waals surface area contributed by atoms with Crippen molar-refractivity contribution in [3.8, 4) is 5.75 Å². The third-order valence-electron chi connectivity index (χ3n) is 1.75. The van der Waals surface area contributed by atoms with Crippen LogP contribution < -0.4 is 4.74 Å². The van der Waals surface area contributed by atoms with E-state index in [1.54, 1.807) is 18.2 Å². The highest BCUT2D eigenvalue weighted by molar-refractivity contribution is 7.85. The van der Waals surface area contributed by atoms with Gasteiger partial charge in [0.1, 0.15) is 5.75 Å². The van der Waals surface area contributed by atoms with Crippen LogP contribution in [0.4, 0.5) is 0 Å². The number of nitrogens with zero attached hydrogens (tertiary/aromatic N) is 3. The number of hydrogen-bond donors (Lipinski definition) is 0. The van der Waals surface area contributed by atoms with Gasteiger partial charge >= 0.3 is 0 Å². The van der Waals surface area contributed by atoms with Crippen LogP contribution in [0, 0.1) is 0 Å². The normalized spacial score (nSPS) is 11.5. The van der Waals surface area contributed by atoms with Crippen molar-refractivity contribution in [1.29, 1.82) is 0 Å². The second-order valence-corrected chi connectivity index (χ2v) is 4.19. The summed E-state index contributed by atoms with van der Waals surface area (Å²) in [5, 5.41) is 3.34. The third-order valence-corrected chi connectivity index (χ3v) is 3.14. The largest absolute Gasteiger partial charge is 0.495 e. The van der Waals surface area contributed by atoms with Crippen LogP contribution >= 0.6 is 0 Å². The van der Waals surface area contributed by atoms with Crippen molar-refractivity contribution in [2.24, 2.45) is 5.11 Å². The van der Waals surface area contributed by atoms with Crippen molar-refractivity contribution in [2.75, 3.05) is 19.4 Å². The molecule has 0 amide bonds. The maximum Gasteiger partial charge on any atom is 0.134 e. The van der Waals surface area contributed by atoms with Crippen molar-refractivity contribution >= 4 is 10.8 Å². The van der Waals surface area contributed by atoms with Crippen LogP contribution in [0.25, 0.3) is 10.4 Å². The van der Waals surface area contributed by atoms with E-state index in [4.69, 9.17) is 10.3 Å². The van der Waals surface area contributed by atoms with Crippen molar-refractivity contribution in [3.63, 3.8) is 0 Å². The standard InChI is InChI=1S/C9H11N3O2S/c1-14-8-4-2-3-5-9(8)15(13)7-6-11-12-10/h2-5H,6-7H2,1H3. The Morgan fingerprint density at radius 1 is 1.53 bits per heavy atom. The maximum absolute atomic E-state index is 11.7. The summed E-state index contributed by atoms with van der Waals surface area (Å²) in [5.74, 6) is 0.904. The van der Waals surface area contributed by atoms with Crippen LogP contribution in [-0.2, 0) is 10.8 Å². The predicted octanol–water partition coefficient (Wildman–Crippen LogP) is 2.11. The number of rotatable bonds is 5. The maximum atomic E-state index is 11.7. The van der Waals surface area contributed by atoms with Gasteiger partial charge in [0, 0.05) is 17.2 Å². The first kappa shape index (κ1) is 11.6. The molecule has 1 aromatic carbocycles. The van der Waals surface area contributed by atoms with Gasteiger partial charge in [-0.2, -0.15) is 0 Å². The molecule has 0 radical (unpaired) electrons. The fourth-order valence-corrected chi connectivity index (χ4v) is 2.16. The summed E-state index contributed by atoms with van der Waals surface area (Å²) in [7, 11) is 0.345. The van der Waals surface area contributed by atoms with Gasteiger partial charge in [0.2, 0.25) is 0 Å². The van der Waals surface area contributed by atoms with Crippen LogP contribution in [-0.4, -0.2) is 23.6 Å². The Hall–Kier alpha value is -1.52. The Morgan fingerprint density at radius 3 is 2.93 bits per heavy atom. The van der Waals surface area contributed by atoms with E-state index in [1.807, 2.05) is 6.07 Å². The quantitative estimate of drug-likeness (QED) is 0.437. The van der Waals surface area contributed by atoms with Gasteiger partial charge in [0.05, 0.1) is 22.8 Å². The minimum Gasteiger partial charge on any atom is -0.495 e. The number of azide groups is 1. The predicted molar refractivity (Wildman–Crippen MR) is 58.3 cm³/mol. The first-order valence-corrected chi connectivity index (χ1v) is 5.63. The minimum atomic E-state index is -1.19. The first-order valence-electron chi connectivity index (χ1n) is 4.32. The molecule has 1 aromatic rings. The van der Waals surface area contributed by atoms with Crippen LogP contribution in [0.15, 0.2) is 34.3 Å². The summed E-state index contributed by atoms with van der Waals surface area (Å²) in [6.45, 7) is 0.223. The highest BCUT2D eigenvalue weighted by Gasteiger charge is 2.08. The fraction of sp³-hybridized carbons (Fsp3) is 0.333. The summed E-state index contributed by atoms with van der Waals surface area (Å²) in [6.07, 6.45) is 0. The van der Waals surface area contributed by atoms with Gasteiger partial charge < -0.3 is 4.74 Å². The molecule has 15 heavy (non-hydrogen) atoms. The zero-order valence-corrected chi connectivity index (χ0v) is 9.11. The Bertz CT molecular complexity index is 402. The molecule has 0 bridgehead atoms. The summed E-state index contributed by atoms with van der Waals surface area (Å²) < 4.78 is 16.8. The smallest absolute Gasteiger partial charge is 0.134 e. The molecule has 80 valence electrons. The molecule has 1 unspecified atom stereocenters. The Kier molecular flexibility index (Phi) is 4.66. The lowest BCUT2D eigenvalue weighted by molar-refractivity contribution is 0.404. The van der Waals surface area contributed by atoms with E-state index in [1.165, 1.54) is 7.11 Å². The second-order valence-electron chi connectivity index (χ2n) is 2.65. The molecular formula is C9H11N3O2S. The highest BCUT2D eigenvalue weighted by atomic mass is 32.2. The van der Waals surface area contributed by atoms with Gasteiger partial charge in [-0.25, -0.2) is 0 Å². The number of benzene rings is 1. The van der Waals surface area contributed by atoms with Crippen LogP contribution in [0.5, 0.6) is 5.75 Å². The molecular weight excluding hydrogens is 214 g/mol. The van der Waals surface area contributed by atoms with Crippen LogP contribution in [0.2, 0.25) is 0 Å². The van der Waals surface area contributed by atoms with Crippen molar-refractivity contribution in [3.05, 3.63) is 34.7 Å². The number of para-hydroxylation sites is 1. The molecule has 0 fully saturated rings. The zero-order chi connectivity index (χ0) is 11.1. The van der Waals surface area contributed by atoms with Crippen molar-refractivity contribution in [1.82, 2.24) is 0 Å². The average Bonchev–Trinajstić information content (AvgIpc) is 2.29. The lowest BCUT2D eigenvalue weighted by Gasteiger charge is -2.06. The summed E-state index contributed by atoms with van der Waals surface area (Å²) >= 11 is 0. The Labute approximate surface area is 90.1 Å². The lowest BCUT2D eigenvalue weighted by Crippen LogP contribution is -2.02. The van der Waals surface area contributed by atoms with Crippen LogP contribution in [0.1, 0.15) is 0 Å².